The maximum atomic E-state index is 12.6. The summed E-state index contributed by atoms with van der Waals surface area (Å²) in [5, 5.41) is 14.0. The Kier molecular flexibility index (Phi) is 6.06. The lowest BCUT2D eigenvalue weighted by Crippen LogP contribution is -2.42. The van der Waals surface area contributed by atoms with Gasteiger partial charge in [0.25, 0.3) is 0 Å². The number of rotatable bonds is 6. The number of nitrogens with one attached hydrogen (secondary N) is 1. The van der Waals surface area contributed by atoms with Gasteiger partial charge in [0, 0.05) is 13.0 Å². The molecule has 6 nitrogen and oxygen atoms in total. The molecule has 27 heavy (non-hydrogen) atoms. The van der Waals surface area contributed by atoms with Gasteiger partial charge < -0.3 is 15.3 Å². The molecular formula is C21H24N2O4. The van der Waals surface area contributed by atoms with Gasteiger partial charge in [-0.25, -0.2) is 0 Å². The van der Waals surface area contributed by atoms with Gasteiger partial charge in [0.1, 0.15) is 0 Å². The van der Waals surface area contributed by atoms with E-state index >= 15 is 0 Å². The molecule has 2 aromatic rings. The lowest BCUT2D eigenvalue weighted by molar-refractivity contribution is -0.139. The van der Waals surface area contributed by atoms with E-state index < -0.39 is 12.0 Å². The van der Waals surface area contributed by atoms with Crippen LogP contribution in [0.4, 0.5) is 0 Å². The molecule has 2 aromatic carbocycles. The smallest absolute Gasteiger partial charge is 0.305 e. The van der Waals surface area contributed by atoms with Crippen LogP contribution in [0.25, 0.3) is 10.8 Å². The Balaban J connectivity index is 1.79. The van der Waals surface area contributed by atoms with Gasteiger partial charge in [-0.2, -0.15) is 0 Å². The standard InChI is InChI=1S/C21H24N2O4/c24-19(14-23-12-5-1-2-11-20(23)25)22-18(13-21(26)27)17-10-6-8-15-7-3-4-9-16(15)17/h3-4,6-10,18H,1-2,5,11-14H2,(H,22,24)(H,26,27)/t18-/m1/s1. The van der Waals surface area contributed by atoms with E-state index in [0.717, 1.165) is 35.6 Å². The maximum absolute atomic E-state index is 12.6. The first-order valence-corrected chi connectivity index (χ1v) is 9.31. The zero-order chi connectivity index (χ0) is 19.2. The van der Waals surface area contributed by atoms with Gasteiger partial charge in [0.15, 0.2) is 0 Å². The Hall–Kier alpha value is -2.89. The van der Waals surface area contributed by atoms with Crippen molar-refractivity contribution in [3.63, 3.8) is 0 Å². The number of carboxylic acids is 1. The van der Waals surface area contributed by atoms with Crippen LogP contribution < -0.4 is 5.32 Å². The van der Waals surface area contributed by atoms with Crippen molar-refractivity contribution in [2.24, 2.45) is 0 Å². The summed E-state index contributed by atoms with van der Waals surface area (Å²) in [5.41, 5.74) is 0.769. The van der Waals surface area contributed by atoms with Crippen LogP contribution in [-0.2, 0) is 14.4 Å². The highest BCUT2D eigenvalue weighted by Gasteiger charge is 2.23. The summed E-state index contributed by atoms with van der Waals surface area (Å²) in [7, 11) is 0. The summed E-state index contributed by atoms with van der Waals surface area (Å²) in [6.45, 7) is 0.545. The number of amides is 2. The highest BCUT2D eigenvalue weighted by atomic mass is 16.4. The Morgan fingerprint density at radius 1 is 1.07 bits per heavy atom. The van der Waals surface area contributed by atoms with Gasteiger partial charge >= 0.3 is 5.97 Å². The number of hydrogen-bond acceptors (Lipinski definition) is 3. The molecule has 1 saturated heterocycles. The van der Waals surface area contributed by atoms with E-state index in [1.807, 2.05) is 42.5 Å². The van der Waals surface area contributed by atoms with Crippen molar-refractivity contribution in [2.75, 3.05) is 13.1 Å². The summed E-state index contributed by atoms with van der Waals surface area (Å²) in [4.78, 5) is 37.6. The first-order chi connectivity index (χ1) is 13.0. The molecule has 0 bridgehead atoms. The summed E-state index contributed by atoms with van der Waals surface area (Å²) < 4.78 is 0. The number of nitrogens with zero attached hydrogens (tertiary/aromatic N) is 1. The zero-order valence-electron chi connectivity index (χ0n) is 15.2. The monoisotopic (exact) mass is 368 g/mol. The zero-order valence-corrected chi connectivity index (χ0v) is 15.2. The van der Waals surface area contributed by atoms with Gasteiger partial charge in [-0.3, -0.25) is 14.4 Å². The van der Waals surface area contributed by atoms with E-state index in [2.05, 4.69) is 5.32 Å². The van der Waals surface area contributed by atoms with Crippen molar-refractivity contribution < 1.29 is 19.5 Å². The SMILES string of the molecule is O=C(O)C[C@@H](NC(=O)CN1CCCCCC1=O)c1cccc2ccccc12. The van der Waals surface area contributed by atoms with Crippen molar-refractivity contribution in [2.45, 2.75) is 38.1 Å². The molecule has 0 aliphatic carbocycles. The van der Waals surface area contributed by atoms with E-state index in [1.165, 1.54) is 0 Å². The molecule has 2 N–H and O–H groups in total. The molecule has 1 heterocycles. The first-order valence-electron chi connectivity index (χ1n) is 9.31. The molecule has 0 spiro atoms. The number of aliphatic carboxylic acids is 1. The summed E-state index contributed by atoms with van der Waals surface area (Å²) in [6, 6.07) is 12.7. The third-order valence-electron chi connectivity index (χ3n) is 4.92. The van der Waals surface area contributed by atoms with Crippen LogP contribution in [0, 0.1) is 0 Å². The summed E-state index contributed by atoms with van der Waals surface area (Å²) >= 11 is 0. The van der Waals surface area contributed by atoms with Gasteiger partial charge in [0.05, 0.1) is 19.0 Å². The van der Waals surface area contributed by atoms with Crippen LogP contribution in [0.15, 0.2) is 42.5 Å². The van der Waals surface area contributed by atoms with Crippen LogP contribution in [0.1, 0.15) is 43.7 Å². The third kappa shape index (κ3) is 4.84. The molecule has 2 amide bonds. The molecule has 1 fully saturated rings. The predicted molar refractivity (Wildman–Crippen MR) is 102 cm³/mol. The average molecular weight is 368 g/mol. The molecular weight excluding hydrogens is 344 g/mol. The second-order valence-electron chi connectivity index (χ2n) is 6.91. The van der Waals surface area contributed by atoms with Crippen LogP contribution >= 0.6 is 0 Å². The van der Waals surface area contributed by atoms with Gasteiger partial charge in [-0.15, -0.1) is 0 Å². The number of carbonyl (C=O) groups excluding carboxylic acids is 2. The molecule has 1 aliphatic rings. The highest BCUT2D eigenvalue weighted by molar-refractivity contribution is 5.89. The normalized spacial score (nSPS) is 16.0. The number of fused-ring (bicyclic) bond motifs is 1. The van der Waals surface area contributed by atoms with Crippen molar-refractivity contribution in [1.82, 2.24) is 10.2 Å². The molecule has 0 unspecified atom stereocenters. The number of hydrogen-bond donors (Lipinski definition) is 2. The fourth-order valence-electron chi connectivity index (χ4n) is 3.59. The Bertz CT molecular complexity index is 844. The number of carboxylic acid groups (broad SMARTS) is 1. The van der Waals surface area contributed by atoms with Gasteiger partial charge in [0.2, 0.25) is 11.8 Å². The van der Waals surface area contributed by atoms with Crippen molar-refractivity contribution in [3.8, 4) is 0 Å². The van der Waals surface area contributed by atoms with Crippen LogP contribution in [0.3, 0.4) is 0 Å². The minimum atomic E-state index is -0.987. The predicted octanol–water partition coefficient (Wildman–Crippen LogP) is 2.87. The maximum Gasteiger partial charge on any atom is 0.305 e. The number of benzene rings is 2. The quantitative estimate of drug-likeness (QED) is 0.821. The van der Waals surface area contributed by atoms with Gasteiger partial charge in [-0.05, 0) is 29.2 Å². The number of likely N-dealkylation sites (tertiary alicyclic amines) is 1. The van der Waals surface area contributed by atoms with Crippen molar-refractivity contribution >= 4 is 28.6 Å². The largest absolute Gasteiger partial charge is 0.481 e. The van der Waals surface area contributed by atoms with E-state index in [0.29, 0.717) is 13.0 Å². The fraction of sp³-hybridized carbons (Fsp3) is 0.381. The highest BCUT2D eigenvalue weighted by Crippen LogP contribution is 2.26. The second kappa shape index (κ2) is 8.66. The van der Waals surface area contributed by atoms with E-state index in [4.69, 9.17) is 0 Å². The Labute approximate surface area is 158 Å². The molecule has 0 saturated carbocycles. The molecule has 142 valence electrons. The fourth-order valence-corrected chi connectivity index (χ4v) is 3.59. The van der Waals surface area contributed by atoms with Gasteiger partial charge in [-0.1, -0.05) is 48.9 Å². The lowest BCUT2D eigenvalue weighted by atomic mass is 9.96. The van der Waals surface area contributed by atoms with Crippen LogP contribution in [0.5, 0.6) is 0 Å². The summed E-state index contributed by atoms with van der Waals surface area (Å²) in [6.07, 6.45) is 2.99. The van der Waals surface area contributed by atoms with E-state index in [1.54, 1.807) is 4.90 Å². The molecule has 0 radical (unpaired) electrons. The van der Waals surface area contributed by atoms with E-state index in [9.17, 15) is 19.5 Å². The third-order valence-corrected chi connectivity index (χ3v) is 4.92. The topological polar surface area (TPSA) is 86.7 Å². The Morgan fingerprint density at radius 2 is 1.85 bits per heavy atom. The minimum Gasteiger partial charge on any atom is -0.481 e. The minimum absolute atomic E-state index is 0.0115. The van der Waals surface area contributed by atoms with Crippen LogP contribution in [0.2, 0.25) is 0 Å². The Morgan fingerprint density at radius 3 is 2.67 bits per heavy atom. The molecule has 6 heteroatoms. The second-order valence-corrected chi connectivity index (χ2v) is 6.91. The molecule has 1 aliphatic heterocycles. The van der Waals surface area contributed by atoms with E-state index in [-0.39, 0.29) is 24.8 Å². The first kappa shape index (κ1) is 18.9. The average Bonchev–Trinajstić information content (AvgIpc) is 2.85. The molecule has 3 rings (SSSR count). The number of carbonyl (C=O) groups is 3. The van der Waals surface area contributed by atoms with Crippen molar-refractivity contribution in [3.05, 3.63) is 48.0 Å². The molecule has 0 aromatic heterocycles. The van der Waals surface area contributed by atoms with Crippen molar-refractivity contribution in [1.29, 1.82) is 0 Å². The molecule has 1 atom stereocenters. The van der Waals surface area contributed by atoms with Crippen LogP contribution in [-0.4, -0.2) is 40.9 Å². The lowest BCUT2D eigenvalue weighted by Gasteiger charge is -2.23. The summed E-state index contributed by atoms with van der Waals surface area (Å²) in [5.74, 6) is -1.33.